The minimum absolute atomic E-state index is 0.260. The number of para-hydroxylation sites is 1. The van der Waals surface area contributed by atoms with Gasteiger partial charge in [-0.15, -0.1) is 0 Å². The lowest BCUT2D eigenvalue weighted by molar-refractivity contribution is 0.0732. The highest BCUT2D eigenvalue weighted by Gasteiger charge is 2.13. The molecule has 120 valence electrons. The van der Waals surface area contributed by atoms with Crippen LogP contribution < -0.4 is 4.74 Å². The predicted molar refractivity (Wildman–Crippen MR) is 87.2 cm³/mol. The molecule has 0 aliphatic rings. The Kier molecular flexibility index (Phi) is 5.83. The third kappa shape index (κ3) is 4.47. The van der Waals surface area contributed by atoms with Gasteiger partial charge >= 0.3 is 0 Å². The van der Waals surface area contributed by atoms with Gasteiger partial charge in [0.1, 0.15) is 29.4 Å². The van der Waals surface area contributed by atoms with E-state index >= 15 is 0 Å². The number of hydrogen-bond acceptors (Lipinski definition) is 4. The Hall–Kier alpha value is -1.56. The van der Waals surface area contributed by atoms with Crippen molar-refractivity contribution in [2.75, 3.05) is 20.2 Å². The number of benzene rings is 1. The molecule has 6 heteroatoms. The third-order valence-electron chi connectivity index (χ3n) is 3.49. The van der Waals surface area contributed by atoms with Gasteiger partial charge in [-0.25, -0.2) is 4.98 Å². The number of rotatable bonds is 7. The van der Waals surface area contributed by atoms with Crippen LogP contribution >= 0.6 is 11.6 Å². The molecule has 5 nitrogen and oxygen atoms in total. The van der Waals surface area contributed by atoms with Gasteiger partial charge in [0.05, 0.1) is 12.7 Å². The summed E-state index contributed by atoms with van der Waals surface area (Å²) in [5.74, 6) is 1.67. The zero-order valence-corrected chi connectivity index (χ0v) is 13.9. The summed E-state index contributed by atoms with van der Waals surface area (Å²) in [5, 5.41) is 10.7. The second-order valence-electron chi connectivity index (χ2n) is 5.48. The lowest BCUT2D eigenvalue weighted by atomic mass is 10.2. The van der Waals surface area contributed by atoms with Crippen LogP contribution in [0.5, 0.6) is 5.75 Å². The Morgan fingerprint density at radius 2 is 2.14 bits per heavy atom. The molecule has 0 aliphatic heterocycles. The summed E-state index contributed by atoms with van der Waals surface area (Å²) in [5.41, 5.74) is 1.06. The van der Waals surface area contributed by atoms with E-state index in [1.165, 1.54) is 0 Å². The molecule has 1 aromatic carbocycles. The highest BCUT2D eigenvalue weighted by Crippen LogP contribution is 2.16. The maximum Gasteiger partial charge on any atom is 0.128 e. The normalized spacial score (nSPS) is 12.6. The zero-order chi connectivity index (χ0) is 16.1. The molecule has 0 bridgehead atoms. The number of likely N-dealkylation sites (N-methyl/N-ethyl adjacent to an activating group) is 1. The first-order valence-corrected chi connectivity index (χ1v) is 7.56. The van der Waals surface area contributed by atoms with Gasteiger partial charge in [0, 0.05) is 13.6 Å². The van der Waals surface area contributed by atoms with Crippen LogP contribution in [0.1, 0.15) is 11.4 Å². The molecule has 0 amide bonds. The average Bonchev–Trinajstić information content (AvgIpc) is 2.78. The van der Waals surface area contributed by atoms with E-state index in [2.05, 4.69) is 4.98 Å². The van der Waals surface area contributed by atoms with Crippen LogP contribution in [0.15, 0.2) is 30.5 Å². The number of aliphatic hydroxyl groups excluding tert-OH is 1. The van der Waals surface area contributed by atoms with Crippen LogP contribution in [0.2, 0.25) is 5.15 Å². The Bertz CT molecular complexity index is 615. The van der Waals surface area contributed by atoms with Crippen molar-refractivity contribution in [2.24, 2.45) is 7.05 Å². The molecular weight excluding hydrogens is 302 g/mol. The van der Waals surface area contributed by atoms with Crippen molar-refractivity contribution in [3.8, 4) is 5.75 Å². The van der Waals surface area contributed by atoms with Gasteiger partial charge in [-0.2, -0.15) is 0 Å². The van der Waals surface area contributed by atoms with Crippen LogP contribution in [0.25, 0.3) is 0 Å². The van der Waals surface area contributed by atoms with Crippen LogP contribution in [0.4, 0.5) is 0 Å². The van der Waals surface area contributed by atoms with Crippen LogP contribution in [-0.2, 0) is 13.6 Å². The smallest absolute Gasteiger partial charge is 0.128 e. The van der Waals surface area contributed by atoms with Crippen molar-refractivity contribution in [2.45, 2.75) is 19.6 Å². The number of nitrogens with zero attached hydrogens (tertiary/aromatic N) is 3. The Labute approximate surface area is 136 Å². The number of aliphatic hydroxyl groups is 1. The van der Waals surface area contributed by atoms with E-state index in [-0.39, 0.29) is 6.61 Å². The first-order valence-electron chi connectivity index (χ1n) is 7.18. The summed E-state index contributed by atoms with van der Waals surface area (Å²) in [6.45, 7) is 3.36. The summed E-state index contributed by atoms with van der Waals surface area (Å²) in [6.07, 6.45) is 1.06. The fraction of sp³-hybridized carbons (Fsp3) is 0.438. The van der Waals surface area contributed by atoms with E-state index in [9.17, 15) is 5.11 Å². The molecular formula is C16H22ClN3O2. The number of aryl methyl sites for hydroxylation is 1. The monoisotopic (exact) mass is 323 g/mol. The molecule has 0 radical (unpaired) electrons. The first kappa shape index (κ1) is 16.8. The van der Waals surface area contributed by atoms with E-state index in [0.29, 0.717) is 18.2 Å². The van der Waals surface area contributed by atoms with Gasteiger partial charge in [0.25, 0.3) is 0 Å². The molecule has 1 aromatic heterocycles. The second-order valence-corrected chi connectivity index (χ2v) is 5.87. The summed E-state index contributed by atoms with van der Waals surface area (Å²) in [4.78, 5) is 6.23. The van der Waals surface area contributed by atoms with Gasteiger partial charge in [0.15, 0.2) is 0 Å². The lowest BCUT2D eigenvalue weighted by Crippen LogP contribution is -2.33. The van der Waals surface area contributed by atoms with Gasteiger partial charge in [0.2, 0.25) is 0 Å². The summed E-state index contributed by atoms with van der Waals surface area (Å²) in [7, 11) is 3.80. The number of ether oxygens (including phenoxy) is 1. The van der Waals surface area contributed by atoms with Crippen LogP contribution in [0.3, 0.4) is 0 Å². The Morgan fingerprint density at radius 3 is 2.77 bits per heavy atom. The van der Waals surface area contributed by atoms with E-state index in [0.717, 1.165) is 17.1 Å². The van der Waals surface area contributed by atoms with Crippen molar-refractivity contribution < 1.29 is 9.84 Å². The minimum Gasteiger partial charge on any atom is -0.491 e. The van der Waals surface area contributed by atoms with E-state index < -0.39 is 6.10 Å². The molecule has 1 N–H and O–H groups in total. The fourth-order valence-corrected chi connectivity index (χ4v) is 2.34. The first-order chi connectivity index (χ1) is 10.5. The van der Waals surface area contributed by atoms with Crippen LogP contribution in [-0.4, -0.2) is 45.9 Å². The van der Waals surface area contributed by atoms with Gasteiger partial charge in [-0.3, -0.25) is 4.90 Å². The Balaban J connectivity index is 1.80. The second kappa shape index (κ2) is 7.63. The molecule has 0 spiro atoms. The van der Waals surface area contributed by atoms with Gasteiger partial charge in [-0.05, 0) is 25.6 Å². The number of halogens is 1. The standard InChI is InChI=1S/C16H22ClN3O2/c1-12-6-4-5-7-14(12)22-11-13(21)9-19(2)10-16-18-8-15(17)20(16)3/h4-8,13,21H,9-11H2,1-3H3. The molecule has 1 atom stereocenters. The highest BCUT2D eigenvalue weighted by molar-refractivity contribution is 6.29. The number of aromatic nitrogens is 2. The largest absolute Gasteiger partial charge is 0.491 e. The predicted octanol–water partition coefficient (Wildman–Crippen LogP) is 2.25. The maximum atomic E-state index is 10.1. The summed E-state index contributed by atoms with van der Waals surface area (Å²) < 4.78 is 7.49. The van der Waals surface area contributed by atoms with E-state index in [4.69, 9.17) is 16.3 Å². The topological polar surface area (TPSA) is 50.5 Å². The Morgan fingerprint density at radius 1 is 1.41 bits per heavy atom. The third-order valence-corrected chi connectivity index (χ3v) is 3.84. The quantitative estimate of drug-likeness (QED) is 0.849. The van der Waals surface area contributed by atoms with Crippen molar-refractivity contribution in [3.63, 3.8) is 0 Å². The molecule has 2 rings (SSSR count). The van der Waals surface area contributed by atoms with Crippen molar-refractivity contribution >= 4 is 11.6 Å². The molecule has 0 saturated heterocycles. The van der Waals surface area contributed by atoms with Crippen molar-refractivity contribution in [1.29, 1.82) is 0 Å². The van der Waals surface area contributed by atoms with Crippen molar-refractivity contribution in [1.82, 2.24) is 14.5 Å². The van der Waals surface area contributed by atoms with Gasteiger partial charge < -0.3 is 14.4 Å². The molecule has 0 saturated carbocycles. The average molecular weight is 324 g/mol. The number of imidazole rings is 1. The SMILES string of the molecule is Cc1ccccc1OCC(O)CN(C)Cc1ncc(Cl)n1C. The zero-order valence-electron chi connectivity index (χ0n) is 13.2. The molecule has 0 fully saturated rings. The lowest BCUT2D eigenvalue weighted by Gasteiger charge is -2.21. The maximum absolute atomic E-state index is 10.1. The molecule has 0 aliphatic carbocycles. The molecule has 22 heavy (non-hydrogen) atoms. The van der Waals surface area contributed by atoms with E-state index in [1.807, 2.05) is 54.8 Å². The van der Waals surface area contributed by atoms with E-state index in [1.54, 1.807) is 6.20 Å². The van der Waals surface area contributed by atoms with Crippen molar-refractivity contribution in [3.05, 3.63) is 47.0 Å². The summed E-state index contributed by atoms with van der Waals surface area (Å²) >= 11 is 5.96. The molecule has 2 aromatic rings. The number of hydrogen-bond donors (Lipinski definition) is 1. The van der Waals surface area contributed by atoms with Crippen LogP contribution in [0, 0.1) is 6.92 Å². The summed E-state index contributed by atoms with van der Waals surface area (Å²) in [6, 6.07) is 7.77. The molecule has 1 heterocycles. The fourth-order valence-electron chi connectivity index (χ4n) is 2.19. The van der Waals surface area contributed by atoms with Gasteiger partial charge in [-0.1, -0.05) is 29.8 Å². The highest BCUT2D eigenvalue weighted by atomic mass is 35.5. The molecule has 1 unspecified atom stereocenters. The minimum atomic E-state index is -0.569.